The molecule has 0 aliphatic carbocycles. The van der Waals surface area contributed by atoms with Gasteiger partial charge in [-0.1, -0.05) is 0 Å². The molecule has 0 saturated carbocycles. The number of hydrogen-bond acceptors (Lipinski definition) is 6. The zero-order chi connectivity index (χ0) is 17.7. The van der Waals surface area contributed by atoms with Gasteiger partial charge in [0.2, 0.25) is 0 Å². The molecule has 1 amide bonds. The molecule has 1 aromatic heterocycles. The number of alkyl carbamates (subject to hydrolysis) is 1. The number of piperidine rings is 1. The van der Waals surface area contributed by atoms with Crippen LogP contribution in [0.15, 0.2) is 18.6 Å². The van der Waals surface area contributed by atoms with Gasteiger partial charge in [-0.15, -0.1) is 0 Å². The molecule has 0 bridgehead atoms. The fourth-order valence-electron chi connectivity index (χ4n) is 3.61. The first-order valence-electron chi connectivity index (χ1n) is 9.13. The molecule has 0 radical (unpaired) electrons. The summed E-state index contributed by atoms with van der Waals surface area (Å²) in [5.74, 6) is 1.01. The lowest BCUT2D eigenvalue weighted by Gasteiger charge is -2.46. The second kappa shape index (κ2) is 7.99. The Labute approximate surface area is 149 Å². The highest BCUT2D eigenvalue weighted by Gasteiger charge is 2.39. The number of nitrogens with zero attached hydrogens (tertiary/aromatic N) is 3. The largest absolute Gasteiger partial charge is 0.447 e. The van der Waals surface area contributed by atoms with Crippen molar-refractivity contribution in [3.63, 3.8) is 0 Å². The number of carbonyl (C=O) groups excluding carboxylic acids is 1. The molecule has 1 atom stereocenters. The monoisotopic (exact) mass is 348 g/mol. The summed E-state index contributed by atoms with van der Waals surface area (Å²) in [6, 6.07) is 1.97. The Morgan fingerprint density at radius 1 is 1.44 bits per heavy atom. The van der Waals surface area contributed by atoms with Gasteiger partial charge in [0, 0.05) is 25.8 Å². The predicted octanol–water partition coefficient (Wildman–Crippen LogP) is 2.38. The Morgan fingerprint density at radius 2 is 2.24 bits per heavy atom. The SMILES string of the molecule is CC(C)OC(=O)NC[C@@H]1CCC2(CCN(c3ccncn3)CC2)CO1. The van der Waals surface area contributed by atoms with Crippen molar-refractivity contribution in [3.05, 3.63) is 18.6 Å². The molecule has 1 N–H and O–H groups in total. The van der Waals surface area contributed by atoms with Gasteiger partial charge in [-0.3, -0.25) is 0 Å². The van der Waals surface area contributed by atoms with E-state index in [0.29, 0.717) is 6.54 Å². The zero-order valence-electron chi connectivity index (χ0n) is 15.1. The molecule has 1 aromatic rings. The third kappa shape index (κ3) is 4.81. The van der Waals surface area contributed by atoms with E-state index in [4.69, 9.17) is 9.47 Å². The van der Waals surface area contributed by atoms with Gasteiger partial charge in [0.1, 0.15) is 12.1 Å². The van der Waals surface area contributed by atoms with Crippen LogP contribution in [0.1, 0.15) is 39.5 Å². The number of aromatic nitrogens is 2. The van der Waals surface area contributed by atoms with E-state index in [1.54, 1.807) is 12.5 Å². The van der Waals surface area contributed by atoms with Crippen molar-refractivity contribution >= 4 is 11.9 Å². The summed E-state index contributed by atoms with van der Waals surface area (Å²) >= 11 is 0. The van der Waals surface area contributed by atoms with Crippen molar-refractivity contribution in [1.82, 2.24) is 15.3 Å². The average Bonchev–Trinajstić information content (AvgIpc) is 2.62. The predicted molar refractivity (Wildman–Crippen MR) is 94.5 cm³/mol. The highest BCUT2D eigenvalue weighted by molar-refractivity contribution is 5.67. The van der Waals surface area contributed by atoms with E-state index >= 15 is 0 Å². The maximum atomic E-state index is 11.6. The molecule has 2 saturated heterocycles. The second-order valence-corrected chi connectivity index (χ2v) is 7.36. The Balaban J connectivity index is 1.41. The smallest absolute Gasteiger partial charge is 0.407 e. The first-order valence-corrected chi connectivity index (χ1v) is 9.13. The van der Waals surface area contributed by atoms with Gasteiger partial charge < -0.3 is 19.7 Å². The summed E-state index contributed by atoms with van der Waals surface area (Å²) in [7, 11) is 0. The van der Waals surface area contributed by atoms with Gasteiger partial charge >= 0.3 is 6.09 Å². The van der Waals surface area contributed by atoms with Crippen molar-refractivity contribution in [1.29, 1.82) is 0 Å². The Bertz CT molecular complexity index is 549. The molecule has 2 aliphatic rings. The molecule has 2 fully saturated rings. The second-order valence-electron chi connectivity index (χ2n) is 7.36. The third-order valence-electron chi connectivity index (χ3n) is 5.15. The van der Waals surface area contributed by atoms with Crippen LogP contribution in [0.25, 0.3) is 0 Å². The van der Waals surface area contributed by atoms with Crippen molar-refractivity contribution in [2.75, 3.05) is 31.1 Å². The number of ether oxygens (including phenoxy) is 2. The van der Waals surface area contributed by atoms with E-state index in [0.717, 1.165) is 51.2 Å². The van der Waals surface area contributed by atoms with E-state index in [1.807, 2.05) is 19.9 Å². The highest BCUT2D eigenvalue weighted by Crippen LogP contribution is 2.41. The Hall–Kier alpha value is -1.89. The van der Waals surface area contributed by atoms with E-state index in [-0.39, 0.29) is 23.7 Å². The van der Waals surface area contributed by atoms with Crippen LogP contribution in [0.2, 0.25) is 0 Å². The van der Waals surface area contributed by atoms with Crippen LogP contribution in [0.5, 0.6) is 0 Å². The Morgan fingerprint density at radius 3 is 2.84 bits per heavy atom. The van der Waals surface area contributed by atoms with Crippen molar-refractivity contribution in [2.45, 2.75) is 51.7 Å². The van der Waals surface area contributed by atoms with Crippen LogP contribution in [0.4, 0.5) is 10.6 Å². The van der Waals surface area contributed by atoms with E-state index in [2.05, 4.69) is 20.2 Å². The molecule has 7 heteroatoms. The highest BCUT2D eigenvalue weighted by atomic mass is 16.6. The third-order valence-corrected chi connectivity index (χ3v) is 5.15. The van der Waals surface area contributed by atoms with Gasteiger partial charge in [0.15, 0.2) is 0 Å². The minimum Gasteiger partial charge on any atom is -0.447 e. The molecule has 2 aliphatic heterocycles. The number of nitrogens with one attached hydrogen (secondary N) is 1. The summed E-state index contributed by atoms with van der Waals surface area (Å²) < 4.78 is 11.1. The van der Waals surface area contributed by atoms with E-state index in [1.165, 1.54) is 0 Å². The number of amides is 1. The number of hydrogen-bond donors (Lipinski definition) is 1. The fraction of sp³-hybridized carbons (Fsp3) is 0.722. The number of rotatable bonds is 4. The van der Waals surface area contributed by atoms with E-state index in [9.17, 15) is 4.79 Å². The molecule has 0 unspecified atom stereocenters. The van der Waals surface area contributed by atoms with Crippen molar-refractivity contribution in [2.24, 2.45) is 5.41 Å². The van der Waals surface area contributed by atoms with Gasteiger partial charge in [0.05, 0.1) is 18.8 Å². The standard InChI is InChI=1S/C18H28N4O3/c1-14(2)25-17(23)20-11-15-3-5-18(12-24-15)6-9-22(10-7-18)16-4-8-19-13-21-16/h4,8,13-15H,3,5-7,9-12H2,1-2H3,(H,20,23)/t15-/m0/s1. The topological polar surface area (TPSA) is 76.6 Å². The lowest BCUT2D eigenvalue weighted by molar-refractivity contribution is -0.0705. The van der Waals surface area contributed by atoms with Gasteiger partial charge in [0.25, 0.3) is 0 Å². The lowest BCUT2D eigenvalue weighted by atomic mass is 9.73. The van der Waals surface area contributed by atoms with Gasteiger partial charge in [-0.25, -0.2) is 14.8 Å². The van der Waals surface area contributed by atoms with Crippen LogP contribution < -0.4 is 10.2 Å². The van der Waals surface area contributed by atoms with Crippen LogP contribution in [-0.4, -0.2) is 54.5 Å². The molecular weight excluding hydrogens is 320 g/mol. The van der Waals surface area contributed by atoms with Crippen LogP contribution in [-0.2, 0) is 9.47 Å². The normalized spacial score (nSPS) is 22.8. The summed E-state index contributed by atoms with van der Waals surface area (Å²) in [5.41, 5.74) is 0.276. The summed E-state index contributed by atoms with van der Waals surface area (Å²) in [6.45, 7) is 6.99. The van der Waals surface area contributed by atoms with Gasteiger partial charge in [-0.2, -0.15) is 0 Å². The van der Waals surface area contributed by atoms with Crippen molar-refractivity contribution < 1.29 is 14.3 Å². The first-order chi connectivity index (χ1) is 12.1. The minimum atomic E-state index is -0.364. The molecule has 3 heterocycles. The lowest BCUT2D eigenvalue weighted by Crippen LogP contribution is -2.48. The molecule has 7 nitrogen and oxygen atoms in total. The zero-order valence-corrected chi connectivity index (χ0v) is 15.1. The number of anilines is 1. The van der Waals surface area contributed by atoms with Crippen LogP contribution >= 0.6 is 0 Å². The van der Waals surface area contributed by atoms with Gasteiger partial charge in [-0.05, 0) is 51.0 Å². The van der Waals surface area contributed by atoms with Crippen LogP contribution in [0, 0.1) is 5.41 Å². The summed E-state index contributed by atoms with van der Waals surface area (Å²) in [4.78, 5) is 22.2. The van der Waals surface area contributed by atoms with Crippen LogP contribution in [0.3, 0.4) is 0 Å². The fourth-order valence-corrected chi connectivity index (χ4v) is 3.61. The van der Waals surface area contributed by atoms with Crippen molar-refractivity contribution in [3.8, 4) is 0 Å². The molecule has 1 spiro atoms. The average molecular weight is 348 g/mol. The minimum absolute atomic E-state index is 0.0882. The molecular formula is C18H28N4O3. The first kappa shape index (κ1) is 17.9. The maximum Gasteiger partial charge on any atom is 0.407 e. The summed E-state index contributed by atoms with van der Waals surface area (Å²) in [5, 5.41) is 2.80. The van der Waals surface area contributed by atoms with E-state index < -0.39 is 0 Å². The molecule has 138 valence electrons. The maximum absolute atomic E-state index is 11.6. The Kier molecular flexibility index (Phi) is 5.73. The molecule has 3 rings (SSSR count). The molecule has 0 aromatic carbocycles. The molecule has 25 heavy (non-hydrogen) atoms. The quantitative estimate of drug-likeness (QED) is 0.900. The summed E-state index contributed by atoms with van der Waals surface area (Å²) in [6.07, 6.45) is 7.38. The number of carbonyl (C=O) groups is 1.